The van der Waals surface area contributed by atoms with Crippen molar-refractivity contribution in [1.29, 1.82) is 0 Å². The maximum Gasteiger partial charge on any atom is 0.254 e. The summed E-state index contributed by atoms with van der Waals surface area (Å²) in [4.78, 5) is 16.4. The summed E-state index contributed by atoms with van der Waals surface area (Å²) in [7, 11) is -2.31. The second kappa shape index (κ2) is 10.3. The fourth-order valence-electron chi connectivity index (χ4n) is 2.40. The first-order valence-corrected chi connectivity index (χ1v) is 10.4. The van der Waals surface area contributed by atoms with Crippen molar-refractivity contribution in [2.75, 3.05) is 20.3 Å². The molecule has 1 amide bonds. The number of rotatable bonds is 10. The van der Waals surface area contributed by atoms with E-state index in [2.05, 4.69) is 15.0 Å². The van der Waals surface area contributed by atoms with Crippen LogP contribution in [0, 0.1) is 5.82 Å². The number of nitrogens with one attached hydrogen (secondary N) is 2. The third-order valence-electron chi connectivity index (χ3n) is 3.70. The van der Waals surface area contributed by atoms with Gasteiger partial charge < -0.3 is 14.8 Å². The van der Waals surface area contributed by atoms with Crippen LogP contribution in [0.5, 0.6) is 5.88 Å². The van der Waals surface area contributed by atoms with Gasteiger partial charge in [0.1, 0.15) is 12.4 Å². The minimum Gasteiger partial charge on any atom is -0.475 e. The second-order valence-electron chi connectivity index (χ2n) is 6.41. The highest BCUT2D eigenvalue weighted by Crippen LogP contribution is 2.17. The van der Waals surface area contributed by atoms with Crippen LogP contribution in [-0.2, 0) is 21.3 Å². The number of nitrogens with zero attached hydrogens (tertiary/aromatic N) is 1. The predicted octanol–water partition coefficient (Wildman–Crippen LogP) is 1.86. The topological polar surface area (TPSA) is 107 Å². The molecule has 8 nitrogen and oxygen atoms in total. The highest BCUT2D eigenvalue weighted by Gasteiger charge is 2.20. The van der Waals surface area contributed by atoms with Gasteiger partial charge in [0.05, 0.1) is 17.1 Å². The Labute approximate surface area is 169 Å². The highest BCUT2D eigenvalue weighted by molar-refractivity contribution is 7.89. The number of aromatic nitrogens is 1. The molecule has 0 aliphatic carbocycles. The number of benzene rings is 1. The monoisotopic (exact) mass is 425 g/mol. The Balaban J connectivity index is 2.15. The molecule has 0 spiro atoms. The average molecular weight is 425 g/mol. The van der Waals surface area contributed by atoms with Crippen LogP contribution in [0.15, 0.2) is 41.4 Å². The smallest absolute Gasteiger partial charge is 0.254 e. The van der Waals surface area contributed by atoms with E-state index in [9.17, 15) is 17.6 Å². The number of sulfonamides is 1. The molecule has 0 radical (unpaired) electrons. The van der Waals surface area contributed by atoms with E-state index in [1.165, 1.54) is 0 Å². The van der Waals surface area contributed by atoms with Crippen LogP contribution in [0.3, 0.4) is 0 Å². The lowest BCUT2D eigenvalue weighted by atomic mass is 10.2. The van der Waals surface area contributed by atoms with Crippen LogP contribution in [0.4, 0.5) is 4.39 Å². The van der Waals surface area contributed by atoms with Crippen molar-refractivity contribution in [1.82, 2.24) is 15.0 Å². The number of halogens is 1. The molecule has 2 N–H and O–H groups in total. The van der Waals surface area contributed by atoms with Crippen LogP contribution >= 0.6 is 0 Å². The minimum atomic E-state index is -3.86. The lowest BCUT2D eigenvalue weighted by molar-refractivity contribution is 0.0946. The number of ether oxygens (including phenoxy) is 2. The van der Waals surface area contributed by atoms with Gasteiger partial charge in [-0.1, -0.05) is 6.07 Å². The van der Waals surface area contributed by atoms with E-state index in [4.69, 9.17) is 9.47 Å². The summed E-state index contributed by atoms with van der Waals surface area (Å²) in [5.41, 5.74) is 0.213. The predicted molar refractivity (Wildman–Crippen MR) is 105 cm³/mol. The molecule has 1 heterocycles. The molecule has 1 aromatic heterocycles. The van der Waals surface area contributed by atoms with Gasteiger partial charge in [-0.25, -0.2) is 22.5 Å². The Kier molecular flexibility index (Phi) is 8.06. The second-order valence-corrected chi connectivity index (χ2v) is 8.12. The molecule has 0 unspecified atom stereocenters. The normalized spacial score (nSPS) is 11.5. The van der Waals surface area contributed by atoms with Crippen molar-refractivity contribution in [2.45, 2.75) is 31.3 Å². The van der Waals surface area contributed by atoms with Gasteiger partial charge in [-0.05, 0) is 38.1 Å². The number of hydrogen-bond acceptors (Lipinski definition) is 6. The SMILES string of the molecule is COCCOc1ncccc1CNC(=O)c1cc(S(=O)(=O)NC(C)C)ccc1F. The number of hydrogen-bond donors (Lipinski definition) is 2. The molecular formula is C19H24FN3O5S. The summed E-state index contributed by atoms with van der Waals surface area (Å²) in [6.45, 7) is 4.00. The van der Waals surface area contributed by atoms with Crippen molar-refractivity contribution in [3.8, 4) is 5.88 Å². The first-order valence-electron chi connectivity index (χ1n) is 8.90. The van der Waals surface area contributed by atoms with Gasteiger partial charge in [-0.3, -0.25) is 4.79 Å². The molecular weight excluding hydrogens is 401 g/mol. The third-order valence-corrected chi connectivity index (χ3v) is 5.36. The van der Waals surface area contributed by atoms with E-state index >= 15 is 0 Å². The molecule has 2 aromatic rings. The average Bonchev–Trinajstić information content (AvgIpc) is 2.66. The zero-order valence-electron chi connectivity index (χ0n) is 16.4. The summed E-state index contributed by atoms with van der Waals surface area (Å²) in [6, 6.07) is 6.11. The van der Waals surface area contributed by atoms with E-state index in [1.807, 2.05) is 0 Å². The molecule has 0 atom stereocenters. The van der Waals surface area contributed by atoms with Gasteiger partial charge in [0, 0.05) is 31.5 Å². The van der Waals surface area contributed by atoms with Gasteiger partial charge in [-0.15, -0.1) is 0 Å². The highest BCUT2D eigenvalue weighted by atomic mass is 32.2. The van der Waals surface area contributed by atoms with Gasteiger partial charge in [0.25, 0.3) is 5.91 Å². The van der Waals surface area contributed by atoms with Crippen LogP contribution in [0.1, 0.15) is 29.8 Å². The fourth-order valence-corrected chi connectivity index (χ4v) is 3.68. The molecule has 0 saturated heterocycles. The molecule has 29 heavy (non-hydrogen) atoms. The summed E-state index contributed by atoms with van der Waals surface area (Å²) in [5, 5.41) is 2.56. The number of amides is 1. The Morgan fingerprint density at radius 2 is 2.00 bits per heavy atom. The maximum atomic E-state index is 14.2. The Hall–Kier alpha value is -2.56. The van der Waals surface area contributed by atoms with Gasteiger partial charge >= 0.3 is 0 Å². The summed E-state index contributed by atoms with van der Waals surface area (Å²) in [5.74, 6) is -1.26. The van der Waals surface area contributed by atoms with Crippen molar-refractivity contribution in [3.63, 3.8) is 0 Å². The molecule has 0 aliphatic heterocycles. The first kappa shape index (κ1) is 22.7. The van der Waals surface area contributed by atoms with E-state index in [1.54, 1.807) is 39.3 Å². The molecule has 158 valence electrons. The van der Waals surface area contributed by atoms with E-state index in [0.717, 1.165) is 18.2 Å². The largest absolute Gasteiger partial charge is 0.475 e. The van der Waals surface area contributed by atoms with Gasteiger partial charge in [0.2, 0.25) is 15.9 Å². The summed E-state index contributed by atoms with van der Waals surface area (Å²) in [6.07, 6.45) is 1.54. The van der Waals surface area contributed by atoms with E-state index < -0.39 is 21.7 Å². The number of methoxy groups -OCH3 is 1. The maximum absolute atomic E-state index is 14.2. The van der Waals surface area contributed by atoms with E-state index in [0.29, 0.717) is 18.1 Å². The first-order chi connectivity index (χ1) is 13.7. The Morgan fingerprint density at radius 3 is 2.69 bits per heavy atom. The lowest BCUT2D eigenvalue weighted by Crippen LogP contribution is -2.31. The number of carbonyl (C=O) groups excluding carboxylic acids is 1. The molecule has 2 rings (SSSR count). The quantitative estimate of drug-likeness (QED) is 0.563. The Bertz CT molecular complexity index is 951. The van der Waals surface area contributed by atoms with Crippen molar-refractivity contribution in [3.05, 3.63) is 53.5 Å². The molecule has 1 aromatic carbocycles. The number of pyridine rings is 1. The van der Waals surface area contributed by atoms with Crippen molar-refractivity contribution in [2.24, 2.45) is 0 Å². The van der Waals surface area contributed by atoms with E-state index in [-0.39, 0.29) is 29.7 Å². The molecule has 0 saturated carbocycles. The molecule has 0 bridgehead atoms. The van der Waals surface area contributed by atoms with Gasteiger partial charge in [0.15, 0.2) is 0 Å². The fraction of sp³-hybridized carbons (Fsp3) is 0.368. The van der Waals surface area contributed by atoms with Crippen molar-refractivity contribution >= 4 is 15.9 Å². The summed E-state index contributed by atoms with van der Waals surface area (Å²) >= 11 is 0. The van der Waals surface area contributed by atoms with Crippen LogP contribution < -0.4 is 14.8 Å². The number of carbonyl (C=O) groups is 1. The molecule has 10 heteroatoms. The zero-order chi connectivity index (χ0) is 21.4. The third kappa shape index (κ3) is 6.48. The van der Waals surface area contributed by atoms with Gasteiger partial charge in [-0.2, -0.15) is 0 Å². The van der Waals surface area contributed by atoms with Crippen LogP contribution in [-0.4, -0.2) is 45.7 Å². The summed E-state index contributed by atoms with van der Waals surface area (Å²) < 4.78 is 51.5. The molecule has 0 aliphatic rings. The van der Waals surface area contributed by atoms with Crippen LogP contribution in [0.25, 0.3) is 0 Å². The lowest BCUT2D eigenvalue weighted by Gasteiger charge is -2.13. The standard InChI is InChI=1S/C19H24FN3O5S/c1-13(2)23-29(25,26)15-6-7-17(20)16(11-15)18(24)22-12-14-5-4-8-21-19(14)28-10-9-27-3/h4-8,11,13,23H,9-10,12H2,1-3H3,(H,22,24). The van der Waals surface area contributed by atoms with Crippen LogP contribution in [0.2, 0.25) is 0 Å². The zero-order valence-corrected chi connectivity index (χ0v) is 17.3. The van der Waals surface area contributed by atoms with Crippen molar-refractivity contribution < 1.29 is 27.1 Å². The molecule has 0 fully saturated rings. The Morgan fingerprint density at radius 1 is 1.24 bits per heavy atom. The minimum absolute atomic E-state index is 0.0235.